The van der Waals surface area contributed by atoms with E-state index in [9.17, 15) is 10.1 Å². The number of rotatable bonds is 2. The second kappa shape index (κ2) is 2.96. The predicted octanol–water partition coefficient (Wildman–Crippen LogP) is 1.83. The van der Waals surface area contributed by atoms with E-state index in [-0.39, 0.29) is 22.4 Å². The summed E-state index contributed by atoms with van der Waals surface area (Å²) in [6.07, 6.45) is -0.166. The van der Waals surface area contributed by atoms with Crippen molar-refractivity contribution in [3.05, 3.63) is 10.1 Å². The summed E-state index contributed by atoms with van der Waals surface area (Å²) in [4.78, 5) is 11.0. The summed E-state index contributed by atoms with van der Waals surface area (Å²) in [5.41, 5.74) is -1.22. The zero-order valence-corrected chi connectivity index (χ0v) is 10.4. The minimum atomic E-state index is -0.887. The number of hydrogen-bond donors (Lipinski definition) is 0. The van der Waals surface area contributed by atoms with E-state index >= 15 is 0 Å². The number of hydrogen-bond acceptors (Lipinski definition) is 4. The van der Waals surface area contributed by atoms with Crippen LogP contribution in [0.15, 0.2) is 0 Å². The van der Waals surface area contributed by atoms with Crippen molar-refractivity contribution in [1.82, 2.24) is 0 Å². The molecule has 1 heterocycles. The zero-order valence-electron chi connectivity index (χ0n) is 10.4. The van der Waals surface area contributed by atoms with E-state index in [4.69, 9.17) is 9.47 Å². The van der Waals surface area contributed by atoms with Crippen LogP contribution in [0.2, 0.25) is 0 Å². The lowest BCUT2D eigenvalue weighted by atomic mass is 10.1. The fraction of sp³-hybridized carbons (Fsp3) is 1.00. The van der Waals surface area contributed by atoms with Crippen molar-refractivity contribution in [3.8, 4) is 0 Å². The van der Waals surface area contributed by atoms with E-state index in [1.54, 1.807) is 6.92 Å². The monoisotopic (exact) mass is 229 g/mol. The quantitative estimate of drug-likeness (QED) is 0.535. The minimum absolute atomic E-state index is 0.0724. The highest BCUT2D eigenvalue weighted by atomic mass is 16.7. The predicted molar refractivity (Wildman–Crippen MR) is 57.6 cm³/mol. The third kappa shape index (κ3) is 1.31. The van der Waals surface area contributed by atoms with Gasteiger partial charge in [0.05, 0.1) is 18.6 Å². The van der Waals surface area contributed by atoms with Crippen molar-refractivity contribution in [1.29, 1.82) is 0 Å². The molecule has 0 radical (unpaired) electrons. The average Bonchev–Trinajstić information content (AvgIpc) is 2.42. The molecule has 2 fully saturated rings. The maximum absolute atomic E-state index is 11.1. The van der Waals surface area contributed by atoms with E-state index in [0.29, 0.717) is 6.61 Å². The normalized spacial score (nSPS) is 44.3. The summed E-state index contributed by atoms with van der Waals surface area (Å²) in [6.45, 7) is 9.68. The maximum Gasteiger partial charge on any atom is 0.231 e. The van der Waals surface area contributed by atoms with Gasteiger partial charge < -0.3 is 9.47 Å². The van der Waals surface area contributed by atoms with Crippen LogP contribution >= 0.6 is 0 Å². The molecule has 0 aromatic carbocycles. The SMILES string of the molecule is CC1(C)OC[C@H]([C@@H]2C(C)(C)[C@@]2(C)[N+](=O)[O-])O1. The average molecular weight is 229 g/mol. The molecular weight excluding hydrogens is 210 g/mol. The molecule has 0 N–H and O–H groups in total. The Morgan fingerprint density at radius 2 is 1.81 bits per heavy atom. The van der Waals surface area contributed by atoms with Crippen LogP contribution in [0.1, 0.15) is 34.6 Å². The molecule has 5 heteroatoms. The second-order valence-corrected chi connectivity index (χ2v) is 5.97. The summed E-state index contributed by atoms with van der Waals surface area (Å²) >= 11 is 0. The van der Waals surface area contributed by atoms with Crippen LogP contribution in [0.3, 0.4) is 0 Å². The molecule has 2 rings (SSSR count). The van der Waals surface area contributed by atoms with Crippen molar-refractivity contribution in [2.75, 3.05) is 6.61 Å². The molecule has 1 aliphatic carbocycles. The van der Waals surface area contributed by atoms with E-state index in [1.165, 1.54) is 0 Å². The first-order valence-corrected chi connectivity index (χ1v) is 5.59. The van der Waals surface area contributed by atoms with Gasteiger partial charge in [0.15, 0.2) is 5.79 Å². The lowest BCUT2D eigenvalue weighted by molar-refractivity contribution is -0.545. The largest absolute Gasteiger partial charge is 0.348 e. The zero-order chi connectivity index (χ0) is 12.4. The first-order chi connectivity index (χ1) is 7.13. The number of nitro groups is 1. The van der Waals surface area contributed by atoms with Crippen LogP contribution in [-0.2, 0) is 9.47 Å². The van der Waals surface area contributed by atoms with Crippen molar-refractivity contribution >= 4 is 0 Å². The molecule has 0 unspecified atom stereocenters. The van der Waals surface area contributed by atoms with E-state index < -0.39 is 11.3 Å². The van der Waals surface area contributed by atoms with Crippen LogP contribution < -0.4 is 0 Å². The van der Waals surface area contributed by atoms with E-state index in [0.717, 1.165) is 0 Å². The van der Waals surface area contributed by atoms with Crippen LogP contribution in [0.5, 0.6) is 0 Å². The van der Waals surface area contributed by atoms with Crippen LogP contribution in [0.25, 0.3) is 0 Å². The smallest absolute Gasteiger partial charge is 0.231 e. The van der Waals surface area contributed by atoms with Gasteiger partial charge in [0.2, 0.25) is 5.54 Å². The third-order valence-corrected chi connectivity index (χ3v) is 4.39. The highest BCUT2D eigenvalue weighted by Crippen LogP contribution is 2.66. The Morgan fingerprint density at radius 3 is 2.12 bits per heavy atom. The van der Waals surface area contributed by atoms with Gasteiger partial charge in [0.25, 0.3) is 0 Å². The van der Waals surface area contributed by atoms with Gasteiger partial charge in [-0.3, -0.25) is 10.1 Å². The summed E-state index contributed by atoms with van der Waals surface area (Å²) in [5.74, 6) is -0.683. The van der Waals surface area contributed by atoms with Gasteiger partial charge in [-0.15, -0.1) is 0 Å². The van der Waals surface area contributed by atoms with E-state index in [2.05, 4.69) is 0 Å². The van der Waals surface area contributed by atoms with Crippen molar-refractivity contribution in [3.63, 3.8) is 0 Å². The van der Waals surface area contributed by atoms with Crippen molar-refractivity contribution in [2.24, 2.45) is 11.3 Å². The fourth-order valence-electron chi connectivity index (χ4n) is 3.06. The van der Waals surface area contributed by atoms with Gasteiger partial charge in [0, 0.05) is 17.3 Å². The lowest BCUT2D eigenvalue weighted by Gasteiger charge is -2.17. The molecule has 1 aliphatic heterocycles. The summed E-state index contributed by atoms with van der Waals surface area (Å²) in [7, 11) is 0. The highest BCUT2D eigenvalue weighted by Gasteiger charge is 2.81. The Bertz CT molecular complexity index is 339. The third-order valence-electron chi connectivity index (χ3n) is 4.39. The number of ether oxygens (including phenoxy) is 2. The van der Waals surface area contributed by atoms with E-state index in [1.807, 2.05) is 27.7 Å². The standard InChI is InChI=1S/C11H19NO4/c1-9(2)8(11(9,5)12(13)14)7-6-15-10(3,4)16-7/h7-8H,6H2,1-5H3/t7-,8-,11+/m1/s1. The molecular formula is C11H19NO4. The first kappa shape index (κ1) is 11.8. The van der Waals surface area contributed by atoms with Gasteiger partial charge in [-0.25, -0.2) is 0 Å². The molecule has 3 atom stereocenters. The Hall–Kier alpha value is -0.680. The fourth-order valence-corrected chi connectivity index (χ4v) is 3.06. The van der Waals surface area contributed by atoms with Gasteiger partial charge in [0.1, 0.15) is 0 Å². The molecule has 5 nitrogen and oxygen atoms in total. The van der Waals surface area contributed by atoms with Crippen molar-refractivity contribution < 1.29 is 14.4 Å². The summed E-state index contributed by atoms with van der Waals surface area (Å²) in [5, 5.41) is 11.1. The highest BCUT2D eigenvalue weighted by molar-refractivity contribution is 5.20. The number of nitrogens with zero attached hydrogens (tertiary/aromatic N) is 1. The first-order valence-electron chi connectivity index (χ1n) is 5.59. The van der Waals surface area contributed by atoms with Gasteiger partial charge >= 0.3 is 0 Å². The summed E-state index contributed by atoms with van der Waals surface area (Å²) < 4.78 is 11.2. The van der Waals surface area contributed by atoms with Crippen LogP contribution in [0.4, 0.5) is 0 Å². The molecule has 1 saturated carbocycles. The topological polar surface area (TPSA) is 61.6 Å². The second-order valence-electron chi connectivity index (χ2n) is 5.97. The molecule has 16 heavy (non-hydrogen) atoms. The van der Waals surface area contributed by atoms with Gasteiger partial charge in [-0.05, 0) is 13.8 Å². The molecule has 0 bridgehead atoms. The molecule has 0 aromatic rings. The Morgan fingerprint density at radius 1 is 1.25 bits per heavy atom. The molecule has 92 valence electrons. The molecule has 2 aliphatic rings. The lowest BCUT2D eigenvalue weighted by Crippen LogP contribution is -2.28. The van der Waals surface area contributed by atoms with Crippen molar-refractivity contribution in [2.45, 2.75) is 52.0 Å². The molecule has 0 spiro atoms. The van der Waals surface area contributed by atoms with Crippen LogP contribution in [0, 0.1) is 21.4 Å². The Labute approximate surface area is 95.3 Å². The van der Waals surface area contributed by atoms with Gasteiger partial charge in [-0.1, -0.05) is 13.8 Å². The van der Waals surface area contributed by atoms with Gasteiger partial charge in [-0.2, -0.15) is 0 Å². The summed E-state index contributed by atoms with van der Waals surface area (Å²) in [6, 6.07) is 0. The molecule has 0 amide bonds. The Balaban J connectivity index is 2.17. The molecule has 1 saturated heterocycles. The minimum Gasteiger partial charge on any atom is -0.348 e. The molecule has 0 aromatic heterocycles. The van der Waals surface area contributed by atoms with Crippen LogP contribution in [-0.4, -0.2) is 29.0 Å². The Kier molecular flexibility index (Phi) is 2.18. The maximum atomic E-state index is 11.1.